The van der Waals surface area contributed by atoms with Crippen molar-refractivity contribution in [1.29, 1.82) is 0 Å². The molecule has 120 valence electrons. The van der Waals surface area contributed by atoms with Crippen LogP contribution < -0.4 is 10.6 Å². The highest BCUT2D eigenvalue weighted by Crippen LogP contribution is 2.23. The summed E-state index contributed by atoms with van der Waals surface area (Å²) in [7, 11) is 0. The van der Waals surface area contributed by atoms with Crippen molar-refractivity contribution in [2.45, 2.75) is 31.8 Å². The second-order valence-electron chi connectivity index (χ2n) is 5.40. The summed E-state index contributed by atoms with van der Waals surface area (Å²) >= 11 is 0. The summed E-state index contributed by atoms with van der Waals surface area (Å²) in [5, 5.41) is 14.3. The molecule has 3 N–H and O–H groups in total. The number of halogens is 2. The molecule has 1 aromatic carbocycles. The van der Waals surface area contributed by atoms with E-state index in [9.17, 15) is 23.5 Å². The van der Waals surface area contributed by atoms with Gasteiger partial charge in [0.2, 0.25) is 0 Å². The molecule has 1 saturated carbocycles. The lowest BCUT2D eigenvalue weighted by Crippen LogP contribution is -2.41. The van der Waals surface area contributed by atoms with Crippen LogP contribution in [0.1, 0.15) is 25.7 Å². The van der Waals surface area contributed by atoms with E-state index in [4.69, 9.17) is 0 Å². The minimum atomic E-state index is -1.03. The molecule has 2 rings (SSSR count). The number of amides is 2. The molecule has 1 aromatic rings. The van der Waals surface area contributed by atoms with Crippen LogP contribution in [0.15, 0.2) is 18.2 Å². The normalized spacial score (nSPS) is 21.2. The van der Waals surface area contributed by atoms with Gasteiger partial charge in [-0.15, -0.1) is 0 Å². The Hall–Kier alpha value is -2.02. The number of anilines is 1. The number of hydrogen-bond donors (Lipinski definition) is 3. The molecule has 7 heteroatoms. The molecule has 0 spiro atoms. The van der Waals surface area contributed by atoms with Gasteiger partial charge in [-0.05, 0) is 25.0 Å². The van der Waals surface area contributed by atoms with Gasteiger partial charge in [0.25, 0.3) is 0 Å². The van der Waals surface area contributed by atoms with Gasteiger partial charge >= 0.3 is 11.8 Å². The number of rotatable bonds is 3. The van der Waals surface area contributed by atoms with E-state index in [1.54, 1.807) is 0 Å². The van der Waals surface area contributed by atoms with Crippen LogP contribution in [0.2, 0.25) is 0 Å². The summed E-state index contributed by atoms with van der Waals surface area (Å²) < 4.78 is 26.1. The first kappa shape index (κ1) is 16.4. The molecule has 0 unspecified atom stereocenters. The fourth-order valence-electron chi connectivity index (χ4n) is 2.50. The molecular weight excluding hydrogens is 294 g/mol. The summed E-state index contributed by atoms with van der Waals surface area (Å²) in [5.41, 5.74) is -0.265. The van der Waals surface area contributed by atoms with Crippen molar-refractivity contribution in [2.24, 2.45) is 5.92 Å². The van der Waals surface area contributed by atoms with Gasteiger partial charge in [0.05, 0.1) is 11.8 Å². The minimum Gasteiger partial charge on any atom is -0.393 e. The monoisotopic (exact) mass is 312 g/mol. The highest BCUT2D eigenvalue weighted by atomic mass is 19.1. The Bertz CT molecular complexity index is 566. The Morgan fingerprint density at radius 1 is 1.18 bits per heavy atom. The molecule has 22 heavy (non-hydrogen) atoms. The predicted molar refractivity (Wildman–Crippen MR) is 76.0 cm³/mol. The first-order valence-corrected chi connectivity index (χ1v) is 7.19. The molecule has 0 aromatic heterocycles. The maximum atomic E-state index is 13.4. The summed E-state index contributed by atoms with van der Waals surface area (Å²) in [6, 6.07) is 2.64. The molecule has 0 heterocycles. The zero-order chi connectivity index (χ0) is 16.1. The number of hydrogen-bond acceptors (Lipinski definition) is 3. The standard InChI is InChI=1S/C15H18F2N2O3/c16-10-5-6-12(11(17)7-10)19-15(22)14(21)18-8-9-3-1-2-4-13(9)20/h5-7,9,13,20H,1-4,8H2,(H,18,21)(H,19,22)/t9-,13+/m0/s1. The number of carbonyl (C=O) groups is 2. The van der Waals surface area contributed by atoms with Gasteiger partial charge in [-0.3, -0.25) is 9.59 Å². The quantitative estimate of drug-likeness (QED) is 0.741. The zero-order valence-corrected chi connectivity index (χ0v) is 11.9. The van der Waals surface area contributed by atoms with Crippen LogP contribution in [-0.2, 0) is 9.59 Å². The summed E-state index contributed by atoms with van der Waals surface area (Å²) in [6.45, 7) is 0.194. The highest BCUT2D eigenvalue weighted by molar-refractivity contribution is 6.39. The van der Waals surface area contributed by atoms with E-state index in [-0.39, 0.29) is 18.2 Å². The minimum absolute atomic E-state index is 0.0759. The topological polar surface area (TPSA) is 78.4 Å². The molecule has 0 aliphatic heterocycles. The van der Waals surface area contributed by atoms with E-state index in [1.807, 2.05) is 0 Å². The highest BCUT2D eigenvalue weighted by Gasteiger charge is 2.24. The van der Waals surface area contributed by atoms with E-state index in [2.05, 4.69) is 10.6 Å². The van der Waals surface area contributed by atoms with Crippen LogP contribution >= 0.6 is 0 Å². The van der Waals surface area contributed by atoms with Crippen molar-refractivity contribution in [3.05, 3.63) is 29.8 Å². The molecule has 2 atom stereocenters. The van der Waals surface area contributed by atoms with Crippen molar-refractivity contribution in [3.8, 4) is 0 Å². The number of aliphatic hydroxyl groups is 1. The molecule has 1 aliphatic carbocycles. The number of benzene rings is 1. The SMILES string of the molecule is O=C(NC[C@@H]1CCCC[C@H]1O)C(=O)Nc1ccc(F)cc1F. The van der Waals surface area contributed by atoms with E-state index >= 15 is 0 Å². The van der Waals surface area contributed by atoms with Crippen molar-refractivity contribution in [3.63, 3.8) is 0 Å². The summed E-state index contributed by atoms with van der Waals surface area (Å²) in [4.78, 5) is 23.3. The smallest absolute Gasteiger partial charge is 0.313 e. The molecular formula is C15H18F2N2O3. The van der Waals surface area contributed by atoms with Crippen LogP contribution in [0.25, 0.3) is 0 Å². The Balaban J connectivity index is 1.85. The lowest BCUT2D eigenvalue weighted by atomic mass is 9.86. The van der Waals surface area contributed by atoms with Crippen LogP contribution in [0.5, 0.6) is 0 Å². The fourth-order valence-corrected chi connectivity index (χ4v) is 2.50. The Morgan fingerprint density at radius 3 is 2.59 bits per heavy atom. The third-order valence-corrected chi connectivity index (χ3v) is 3.78. The van der Waals surface area contributed by atoms with Crippen LogP contribution in [0, 0.1) is 17.6 Å². The Labute approximate surface area is 126 Å². The first-order chi connectivity index (χ1) is 10.5. The van der Waals surface area contributed by atoms with Crippen LogP contribution in [0.4, 0.5) is 14.5 Å². The summed E-state index contributed by atoms with van der Waals surface area (Å²) in [5.74, 6) is -3.75. The molecule has 0 saturated heterocycles. The molecule has 1 fully saturated rings. The van der Waals surface area contributed by atoms with Crippen molar-refractivity contribution < 1.29 is 23.5 Å². The second kappa shape index (κ2) is 7.31. The molecule has 1 aliphatic rings. The van der Waals surface area contributed by atoms with Gasteiger partial charge < -0.3 is 15.7 Å². The summed E-state index contributed by atoms with van der Waals surface area (Å²) in [6.07, 6.45) is 2.93. The molecule has 0 radical (unpaired) electrons. The van der Waals surface area contributed by atoms with E-state index in [1.165, 1.54) is 0 Å². The van der Waals surface area contributed by atoms with Gasteiger partial charge in [0, 0.05) is 18.5 Å². The van der Waals surface area contributed by atoms with E-state index in [0.717, 1.165) is 31.4 Å². The van der Waals surface area contributed by atoms with Crippen LogP contribution in [0.3, 0.4) is 0 Å². The van der Waals surface area contributed by atoms with E-state index in [0.29, 0.717) is 12.5 Å². The van der Waals surface area contributed by atoms with Crippen molar-refractivity contribution >= 4 is 17.5 Å². The lowest BCUT2D eigenvalue weighted by molar-refractivity contribution is -0.136. The largest absolute Gasteiger partial charge is 0.393 e. The van der Waals surface area contributed by atoms with Gasteiger partial charge in [0.15, 0.2) is 0 Å². The van der Waals surface area contributed by atoms with Crippen molar-refractivity contribution in [1.82, 2.24) is 5.32 Å². The van der Waals surface area contributed by atoms with Crippen LogP contribution in [-0.4, -0.2) is 29.6 Å². The van der Waals surface area contributed by atoms with E-state index < -0.39 is 29.6 Å². The Morgan fingerprint density at radius 2 is 1.91 bits per heavy atom. The number of nitrogens with one attached hydrogen (secondary N) is 2. The maximum Gasteiger partial charge on any atom is 0.313 e. The van der Waals surface area contributed by atoms with Gasteiger partial charge in [-0.1, -0.05) is 12.8 Å². The molecule has 0 bridgehead atoms. The second-order valence-corrected chi connectivity index (χ2v) is 5.40. The maximum absolute atomic E-state index is 13.4. The first-order valence-electron chi connectivity index (χ1n) is 7.19. The van der Waals surface area contributed by atoms with Gasteiger partial charge in [-0.25, -0.2) is 8.78 Å². The third-order valence-electron chi connectivity index (χ3n) is 3.78. The number of carbonyl (C=O) groups excluding carboxylic acids is 2. The average Bonchev–Trinajstić information content (AvgIpc) is 2.49. The number of aliphatic hydroxyl groups excluding tert-OH is 1. The van der Waals surface area contributed by atoms with Gasteiger partial charge in [-0.2, -0.15) is 0 Å². The fraction of sp³-hybridized carbons (Fsp3) is 0.467. The molecule has 5 nitrogen and oxygen atoms in total. The van der Waals surface area contributed by atoms with Gasteiger partial charge in [0.1, 0.15) is 11.6 Å². The van der Waals surface area contributed by atoms with Crippen molar-refractivity contribution in [2.75, 3.05) is 11.9 Å². The lowest BCUT2D eigenvalue weighted by Gasteiger charge is -2.27. The Kier molecular flexibility index (Phi) is 5.43. The third kappa shape index (κ3) is 4.24. The predicted octanol–water partition coefficient (Wildman–Crippen LogP) is 1.57. The average molecular weight is 312 g/mol. The zero-order valence-electron chi connectivity index (χ0n) is 11.9. The molecule has 2 amide bonds.